The molecule has 0 saturated carbocycles. The van der Waals surface area contributed by atoms with Gasteiger partial charge in [-0.15, -0.1) is 10.2 Å². The smallest absolute Gasteiger partial charge is 0.191 e. The SMILES string of the molecule is CC(NCc1ccc(F)c(F)c1)c1nn[nH]n1. The van der Waals surface area contributed by atoms with E-state index >= 15 is 0 Å². The predicted molar refractivity (Wildman–Crippen MR) is 55.8 cm³/mol. The molecular weight excluding hydrogens is 228 g/mol. The fourth-order valence-corrected chi connectivity index (χ4v) is 1.36. The topological polar surface area (TPSA) is 66.5 Å². The largest absolute Gasteiger partial charge is 0.303 e. The number of benzene rings is 1. The first-order valence-corrected chi connectivity index (χ1v) is 5.07. The Kier molecular flexibility index (Phi) is 3.38. The Labute approximate surface area is 96.2 Å². The number of rotatable bonds is 4. The molecule has 0 bridgehead atoms. The van der Waals surface area contributed by atoms with Gasteiger partial charge in [-0.25, -0.2) is 8.78 Å². The second kappa shape index (κ2) is 4.96. The van der Waals surface area contributed by atoms with Crippen LogP contribution in [0.3, 0.4) is 0 Å². The van der Waals surface area contributed by atoms with E-state index in [2.05, 4.69) is 25.9 Å². The monoisotopic (exact) mass is 239 g/mol. The van der Waals surface area contributed by atoms with Crippen LogP contribution >= 0.6 is 0 Å². The number of nitrogens with one attached hydrogen (secondary N) is 2. The van der Waals surface area contributed by atoms with E-state index in [0.29, 0.717) is 17.9 Å². The van der Waals surface area contributed by atoms with Crippen molar-refractivity contribution in [3.63, 3.8) is 0 Å². The first kappa shape index (κ1) is 11.6. The summed E-state index contributed by atoms with van der Waals surface area (Å²) in [6, 6.07) is 3.66. The molecular formula is C10H11F2N5. The minimum Gasteiger partial charge on any atom is -0.303 e. The molecule has 0 spiro atoms. The van der Waals surface area contributed by atoms with Gasteiger partial charge in [0.05, 0.1) is 6.04 Å². The number of halogens is 2. The molecule has 0 amide bonds. The maximum Gasteiger partial charge on any atom is 0.191 e. The van der Waals surface area contributed by atoms with Crippen molar-refractivity contribution in [1.82, 2.24) is 25.9 Å². The van der Waals surface area contributed by atoms with E-state index in [9.17, 15) is 8.78 Å². The third kappa shape index (κ3) is 2.82. The molecule has 0 radical (unpaired) electrons. The van der Waals surface area contributed by atoms with Gasteiger partial charge in [-0.3, -0.25) is 0 Å². The molecule has 0 saturated heterocycles. The molecule has 5 nitrogen and oxygen atoms in total. The van der Waals surface area contributed by atoms with Gasteiger partial charge in [-0.05, 0) is 24.6 Å². The van der Waals surface area contributed by atoms with Crippen molar-refractivity contribution < 1.29 is 8.78 Å². The van der Waals surface area contributed by atoms with E-state index in [1.807, 2.05) is 6.92 Å². The van der Waals surface area contributed by atoms with Crippen LogP contribution in [0.2, 0.25) is 0 Å². The zero-order valence-electron chi connectivity index (χ0n) is 9.11. The molecule has 1 unspecified atom stereocenters. The number of nitrogens with zero attached hydrogens (tertiary/aromatic N) is 3. The maximum absolute atomic E-state index is 12.9. The number of aromatic nitrogens is 4. The van der Waals surface area contributed by atoms with Gasteiger partial charge in [0, 0.05) is 6.54 Å². The van der Waals surface area contributed by atoms with Crippen molar-refractivity contribution in [3.05, 3.63) is 41.2 Å². The minimum absolute atomic E-state index is 0.123. The Balaban J connectivity index is 1.96. The average Bonchev–Trinajstić information content (AvgIpc) is 2.84. The predicted octanol–water partition coefficient (Wildman–Crippen LogP) is 1.33. The Bertz CT molecular complexity index is 485. The number of H-pyrrole nitrogens is 1. The summed E-state index contributed by atoms with van der Waals surface area (Å²) in [5, 5.41) is 16.5. The van der Waals surface area contributed by atoms with Crippen molar-refractivity contribution in [3.8, 4) is 0 Å². The molecule has 2 rings (SSSR count). The van der Waals surface area contributed by atoms with Crippen LogP contribution in [0, 0.1) is 11.6 Å². The molecule has 1 aromatic heterocycles. The van der Waals surface area contributed by atoms with Crippen LogP contribution < -0.4 is 5.32 Å². The molecule has 1 heterocycles. The molecule has 17 heavy (non-hydrogen) atoms. The average molecular weight is 239 g/mol. The zero-order valence-corrected chi connectivity index (χ0v) is 9.11. The van der Waals surface area contributed by atoms with Gasteiger partial charge < -0.3 is 5.32 Å². The molecule has 0 fully saturated rings. The summed E-state index contributed by atoms with van der Waals surface area (Å²) in [5.74, 6) is -1.18. The fourth-order valence-electron chi connectivity index (χ4n) is 1.36. The molecule has 1 aromatic carbocycles. The van der Waals surface area contributed by atoms with Gasteiger partial charge in [0.2, 0.25) is 0 Å². The van der Waals surface area contributed by atoms with Crippen LogP contribution in [0.25, 0.3) is 0 Å². The second-order valence-electron chi connectivity index (χ2n) is 3.62. The Hall–Kier alpha value is -1.89. The van der Waals surface area contributed by atoms with Crippen LogP contribution in [0.15, 0.2) is 18.2 Å². The summed E-state index contributed by atoms with van der Waals surface area (Å²) in [4.78, 5) is 0. The number of aromatic amines is 1. The number of tetrazole rings is 1. The molecule has 2 N–H and O–H groups in total. The normalized spacial score (nSPS) is 12.6. The summed E-state index contributed by atoms with van der Waals surface area (Å²) in [6.45, 7) is 2.25. The Morgan fingerprint density at radius 2 is 2.18 bits per heavy atom. The van der Waals surface area contributed by atoms with Crippen molar-refractivity contribution in [2.24, 2.45) is 0 Å². The highest BCUT2D eigenvalue weighted by Gasteiger charge is 2.09. The lowest BCUT2D eigenvalue weighted by atomic mass is 10.2. The highest BCUT2D eigenvalue weighted by atomic mass is 19.2. The van der Waals surface area contributed by atoms with Crippen molar-refractivity contribution >= 4 is 0 Å². The first-order valence-electron chi connectivity index (χ1n) is 5.07. The van der Waals surface area contributed by atoms with Gasteiger partial charge in [0.1, 0.15) is 0 Å². The fraction of sp³-hybridized carbons (Fsp3) is 0.300. The lowest BCUT2D eigenvalue weighted by Crippen LogP contribution is -2.19. The highest BCUT2D eigenvalue weighted by Crippen LogP contribution is 2.10. The lowest BCUT2D eigenvalue weighted by Gasteiger charge is -2.09. The van der Waals surface area contributed by atoms with Crippen LogP contribution in [0.5, 0.6) is 0 Å². The summed E-state index contributed by atoms with van der Waals surface area (Å²) < 4.78 is 25.6. The van der Waals surface area contributed by atoms with Crippen LogP contribution in [-0.4, -0.2) is 20.6 Å². The molecule has 2 aromatic rings. The quantitative estimate of drug-likeness (QED) is 0.844. The van der Waals surface area contributed by atoms with Crippen molar-refractivity contribution in [2.75, 3.05) is 0 Å². The van der Waals surface area contributed by atoms with E-state index in [-0.39, 0.29) is 6.04 Å². The van der Waals surface area contributed by atoms with Crippen molar-refractivity contribution in [2.45, 2.75) is 19.5 Å². The first-order chi connectivity index (χ1) is 8.16. The van der Waals surface area contributed by atoms with E-state index in [1.165, 1.54) is 6.07 Å². The van der Waals surface area contributed by atoms with Crippen LogP contribution in [-0.2, 0) is 6.54 Å². The number of hydrogen-bond acceptors (Lipinski definition) is 4. The molecule has 0 aliphatic heterocycles. The highest BCUT2D eigenvalue weighted by molar-refractivity contribution is 5.17. The molecule has 1 atom stereocenters. The molecule has 90 valence electrons. The van der Waals surface area contributed by atoms with Gasteiger partial charge >= 0.3 is 0 Å². The summed E-state index contributed by atoms with van der Waals surface area (Å²) in [7, 11) is 0. The van der Waals surface area contributed by atoms with E-state index < -0.39 is 11.6 Å². The standard InChI is InChI=1S/C10H11F2N5/c1-6(10-14-16-17-15-10)13-5-7-2-3-8(11)9(12)4-7/h2-4,6,13H,5H2,1H3,(H,14,15,16,17). The summed E-state index contributed by atoms with van der Waals surface area (Å²) in [6.07, 6.45) is 0. The molecule has 0 aliphatic carbocycles. The molecule has 7 heteroatoms. The minimum atomic E-state index is -0.850. The molecule has 0 aliphatic rings. The van der Waals surface area contributed by atoms with Crippen LogP contribution in [0.4, 0.5) is 8.78 Å². The van der Waals surface area contributed by atoms with E-state index in [0.717, 1.165) is 12.1 Å². The zero-order chi connectivity index (χ0) is 12.3. The number of hydrogen-bond donors (Lipinski definition) is 2. The van der Waals surface area contributed by atoms with Crippen LogP contribution in [0.1, 0.15) is 24.4 Å². The Morgan fingerprint density at radius 3 is 2.82 bits per heavy atom. The second-order valence-corrected chi connectivity index (χ2v) is 3.62. The summed E-state index contributed by atoms with van der Waals surface area (Å²) in [5.41, 5.74) is 0.652. The summed E-state index contributed by atoms with van der Waals surface area (Å²) >= 11 is 0. The maximum atomic E-state index is 12.9. The third-order valence-corrected chi connectivity index (χ3v) is 2.35. The van der Waals surface area contributed by atoms with Gasteiger partial charge in [0.15, 0.2) is 17.5 Å². The van der Waals surface area contributed by atoms with Crippen molar-refractivity contribution in [1.29, 1.82) is 0 Å². The van der Waals surface area contributed by atoms with Gasteiger partial charge in [0.25, 0.3) is 0 Å². The van der Waals surface area contributed by atoms with E-state index in [4.69, 9.17) is 0 Å². The lowest BCUT2D eigenvalue weighted by molar-refractivity contribution is 0.502. The van der Waals surface area contributed by atoms with Gasteiger partial charge in [-0.1, -0.05) is 11.3 Å². The third-order valence-electron chi connectivity index (χ3n) is 2.35. The Morgan fingerprint density at radius 1 is 1.35 bits per heavy atom. The van der Waals surface area contributed by atoms with Gasteiger partial charge in [-0.2, -0.15) is 5.21 Å². The van der Waals surface area contributed by atoms with E-state index in [1.54, 1.807) is 0 Å².